The van der Waals surface area contributed by atoms with Crippen LogP contribution < -0.4 is 0 Å². The van der Waals surface area contributed by atoms with Gasteiger partial charge in [-0.3, -0.25) is 14.4 Å². The Morgan fingerprint density at radius 1 is 1.53 bits per heavy atom. The van der Waals surface area contributed by atoms with Crippen molar-refractivity contribution in [3.8, 4) is 6.07 Å². The summed E-state index contributed by atoms with van der Waals surface area (Å²) < 4.78 is 1.84. The lowest BCUT2D eigenvalue weighted by Gasteiger charge is -2.27. The molecule has 0 bridgehead atoms. The molecule has 19 heavy (non-hydrogen) atoms. The largest absolute Gasteiger partial charge is 0.335 e. The Bertz CT molecular complexity index is 514. The van der Waals surface area contributed by atoms with Crippen LogP contribution in [0.2, 0.25) is 0 Å². The van der Waals surface area contributed by atoms with Gasteiger partial charge in [0.2, 0.25) is 5.91 Å². The van der Waals surface area contributed by atoms with E-state index in [0.717, 1.165) is 25.2 Å². The standard InChI is InChI=1S/C13H19N5O/c1-10(16(2)3)13(19)17-5-4-6-18-12(9-17)7-11(8-14)15-18/h7,10H,4-6,9H2,1-3H3. The first-order valence-electron chi connectivity index (χ1n) is 6.45. The molecule has 2 heterocycles. The summed E-state index contributed by atoms with van der Waals surface area (Å²) in [6.45, 7) is 3.94. The lowest BCUT2D eigenvalue weighted by Crippen LogP contribution is -2.44. The number of amides is 1. The van der Waals surface area contributed by atoms with Gasteiger partial charge in [0, 0.05) is 13.1 Å². The van der Waals surface area contributed by atoms with Crippen LogP contribution in [0.25, 0.3) is 0 Å². The third-order valence-electron chi connectivity index (χ3n) is 3.57. The Morgan fingerprint density at radius 3 is 2.89 bits per heavy atom. The highest BCUT2D eigenvalue weighted by Gasteiger charge is 2.25. The van der Waals surface area contributed by atoms with Crippen molar-refractivity contribution in [3.63, 3.8) is 0 Å². The normalized spacial score (nSPS) is 16.7. The second kappa shape index (κ2) is 5.41. The van der Waals surface area contributed by atoms with E-state index in [-0.39, 0.29) is 11.9 Å². The van der Waals surface area contributed by atoms with E-state index in [1.165, 1.54) is 0 Å². The lowest BCUT2D eigenvalue weighted by atomic mass is 10.2. The van der Waals surface area contributed by atoms with Crippen molar-refractivity contribution < 1.29 is 4.79 Å². The minimum atomic E-state index is -0.134. The fourth-order valence-electron chi connectivity index (χ4n) is 2.19. The van der Waals surface area contributed by atoms with E-state index >= 15 is 0 Å². The fourth-order valence-corrected chi connectivity index (χ4v) is 2.19. The molecule has 1 aromatic rings. The molecule has 6 heteroatoms. The number of aryl methyl sites for hydroxylation is 1. The van der Waals surface area contributed by atoms with Crippen LogP contribution in [0.15, 0.2) is 6.07 Å². The molecule has 0 spiro atoms. The zero-order valence-electron chi connectivity index (χ0n) is 11.6. The topological polar surface area (TPSA) is 65.2 Å². The van der Waals surface area contributed by atoms with E-state index < -0.39 is 0 Å². The summed E-state index contributed by atoms with van der Waals surface area (Å²) in [6.07, 6.45) is 0.867. The summed E-state index contributed by atoms with van der Waals surface area (Å²) in [4.78, 5) is 16.1. The van der Waals surface area contributed by atoms with Gasteiger partial charge in [0.25, 0.3) is 0 Å². The minimum absolute atomic E-state index is 0.123. The third-order valence-corrected chi connectivity index (χ3v) is 3.57. The van der Waals surface area contributed by atoms with Crippen LogP contribution in [0, 0.1) is 11.3 Å². The molecule has 102 valence electrons. The average Bonchev–Trinajstić information content (AvgIpc) is 2.68. The van der Waals surface area contributed by atoms with E-state index in [0.29, 0.717) is 12.2 Å². The van der Waals surface area contributed by atoms with Gasteiger partial charge in [-0.05, 0) is 33.5 Å². The molecule has 1 aromatic heterocycles. The molecule has 1 unspecified atom stereocenters. The zero-order chi connectivity index (χ0) is 14.0. The van der Waals surface area contributed by atoms with E-state index in [1.54, 1.807) is 6.07 Å². The Labute approximate surface area is 113 Å². The molecule has 0 aliphatic carbocycles. The van der Waals surface area contributed by atoms with E-state index in [2.05, 4.69) is 5.10 Å². The monoisotopic (exact) mass is 261 g/mol. The number of rotatable bonds is 2. The van der Waals surface area contributed by atoms with Crippen LogP contribution >= 0.6 is 0 Å². The highest BCUT2D eigenvalue weighted by Crippen LogP contribution is 2.15. The third kappa shape index (κ3) is 2.76. The first-order chi connectivity index (χ1) is 9.02. The van der Waals surface area contributed by atoms with Crippen molar-refractivity contribution >= 4 is 5.91 Å². The molecule has 1 aliphatic rings. The van der Waals surface area contributed by atoms with Gasteiger partial charge in [0.05, 0.1) is 18.3 Å². The van der Waals surface area contributed by atoms with Crippen molar-refractivity contribution in [2.24, 2.45) is 0 Å². The van der Waals surface area contributed by atoms with Gasteiger partial charge in [-0.2, -0.15) is 10.4 Å². The van der Waals surface area contributed by atoms with Crippen LogP contribution in [0.5, 0.6) is 0 Å². The quantitative estimate of drug-likeness (QED) is 0.774. The van der Waals surface area contributed by atoms with Gasteiger partial charge in [-0.25, -0.2) is 0 Å². The van der Waals surface area contributed by atoms with Crippen molar-refractivity contribution in [2.75, 3.05) is 20.6 Å². The van der Waals surface area contributed by atoms with Gasteiger partial charge in [0.1, 0.15) is 6.07 Å². The van der Waals surface area contributed by atoms with E-state index in [9.17, 15) is 4.79 Å². The number of nitrogens with zero attached hydrogens (tertiary/aromatic N) is 5. The summed E-state index contributed by atoms with van der Waals surface area (Å²) in [7, 11) is 3.80. The first kappa shape index (κ1) is 13.6. The Kier molecular flexibility index (Phi) is 3.86. The second-order valence-corrected chi connectivity index (χ2v) is 5.11. The van der Waals surface area contributed by atoms with Crippen LogP contribution in [-0.2, 0) is 17.9 Å². The maximum atomic E-state index is 12.4. The van der Waals surface area contributed by atoms with Gasteiger partial charge < -0.3 is 4.90 Å². The van der Waals surface area contributed by atoms with Crippen LogP contribution in [0.1, 0.15) is 24.7 Å². The molecule has 0 fully saturated rings. The molecule has 1 aliphatic heterocycles. The minimum Gasteiger partial charge on any atom is -0.335 e. The Hall–Kier alpha value is -1.87. The lowest BCUT2D eigenvalue weighted by molar-refractivity contribution is -0.136. The van der Waals surface area contributed by atoms with E-state index in [1.807, 2.05) is 41.6 Å². The first-order valence-corrected chi connectivity index (χ1v) is 6.45. The number of carbonyl (C=O) groups excluding carboxylic acids is 1. The smallest absolute Gasteiger partial charge is 0.239 e. The molecule has 2 rings (SSSR count). The SMILES string of the molecule is CC(C(=O)N1CCCn2nc(C#N)cc2C1)N(C)C. The number of hydrogen-bond acceptors (Lipinski definition) is 4. The van der Waals surface area contributed by atoms with Gasteiger partial charge in [-0.1, -0.05) is 0 Å². The van der Waals surface area contributed by atoms with Crippen LogP contribution in [0.4, 0.5) is 0 Å². The molecular weight excluding hydrogens is 242 g/mol. The molecular formula is C13H19N5O. The molecule has 0 aromatic carbocycles. The Morgan fingerprint density at radius 2 is 2.26 bits per heavy atom. The molecule has 0 N–H and O–H groups in total. The molecule has 0 saturated heterocycles. The molecule has 1 amide bonds. The summed E-state index contributed by atoms with van der Waals surface area (Å²) in [5, 5.41) is 13.1. The van der Waals surface area contributed by atoms with Crippen molar-refractivity contribution in [1.29, 1.82) is 5.26 Å². The zero-order valence-corrected chi connectivity index (χ0v) is 11.6. The number of hydrogen-bond donors (Lipinski definition) is 0. The highest BCUT2D eigenvalue weighted by atomic mass is 16.2. The average molecular weight is 261 g/mol. The van der Waals surface area contributed by atoms with Crippen LogP contribution in [0.3, 0.4) is 0 Å². The number of likely N-dealkylation sites (N-methyl/N-ethyl adjacent to an activating group) is 1. The summed E-state index contributed by atoms with van der Waals surface area (Å²) in [5.74, 6) is 0.123. The van der Waals surface area contributed by atoms with Gasteiger partial charge >= 0.3 is 0 Å². The van der Waals surface area contributed by atoms with Crippen molar-refractivity contribution in [1.82, 2.24) is 19.6 Å². The number of carbonyl (C=O) groups is 1. The van der Waals surface area contributed by atoms with Gasteiger partial charge in [0.15, 0.2) is 5.69 Å². The number of fused-ring (bicyclic) bond motifs is 1. The fraction of sp³-hybridized carbons (Fsp3) is 0.615. The van der Waals surface area contributed by atoms with E-state index in [4.69, 9.17) is 5.26 Å². The number of aromatic nitrogens is 2. The second-order valence-electron chi connectivity index (χ2n) is 5.11. The number of nitriles is 1. The summed E-state index contributed by atoms with van der Waals surface area (Å²) >= 11 is 0. The molecule has 0 saturated carbocycles. The predicted octanol–water partition coefficient (Wildman–Crippen LogP) is 0.437. The molecule has 1 atom stereocenters. The van der Waals surface area contributed by atoms with Gasteiger partial charge in [-0.15, -0.1) is 0 Å². The maximum Gasteiger partial charge on any atom is 0.239 e. The maximum absolute atomic E-state index is 12.4. The molecule has 0 radical (unpaired) electrons. The summed E-state index contributed by atoms with van der Waals surface area (Å²) in [5.41, 5.74) is 1.36. The highest BCUT2D eigenvalue weighted by molar-refractivity contribution is 5.81. The predicted molar refractivity (Wildman–Crippen MR) is 70.1 cm³/mol. The Balaban J connectivity index is 2.17. The van der Waals surface area contributed by atoms with Crippen LogP contribution in [-0.4, -0.2) is 52.2 Å². The van der Waals surface area contributed by atoms with Crippen molar-refractivity contribution in [3.05, 3.63) is 17.5 Å². The molecule has 6 nitrogen and oxygen atoms in total. The summed E-state index contributed by atoms with van der Waals surface area (Å²) in [6, 6.07) is 3.68. The van der Waals surface area contributed by atoms with Crippen molar-refractivity contribution in [2.45, 2.75) is 32.5 Å².